The first-order chi connectivity index (χ1) is 19.2. The number of carbonyl (C=O) groups excluding carboxylic acids is 1. The minimum atomic E-state index is -0.711. The van der Waals surface area contributed by atoms with Gasteiger partial charge in [-0.2, -0.15) is 0 Å². The normalized spacial score (nSPS) is 15.1. The van der Waals surface area contributed by atoms with E-state index < -0.39 is 12.0 Å². The Morgan fingerprint density at radius 2 is 1.80 bits per heavy atom. The summed E-state index contributed by atoms with van der Waals surface area (Å²) in [6.45, 7) is 12.3. The second-order valence-corrected chi connectivity index (χ2v) is 10.7. The Morgan fingerprint density at radius 1 is 1.10 bits per heavy atom. The van der Waals surface area contributed by atoms with E-state index in [0.717, 1.165) is 5.56 Å². The molecule has 0 radical (unpaired) electrons. The van der Waals surface area contributed by atoms with Crippen LogP contribution in [0.1, 0.15) is 58.7 Å². The Balaban J connectivity index is 1.89. The zero-order valence-corrected chi connectivity index (χ0v) is 25.0. The van der Waals surface area contributed by atoms with Crippen LogP contribution < -0.4 is 29.1 Å². The number of fused-ring (bicyclic) bond motifs is 1. The molecule has 1 aliphatic rings. The van der Waals surface area contributed by atoms with Gasteiger partial charge in [-0.05, 0) is 83.0 Å². The highest BCUT2D eigenvalue weighted by molar-refractivity contribution is 7.07. The number of aromatic nitrogens is 1. The zero-order valence-electron chi connectivity index (χ0n) is 23.4. The molecule has 4 rings (SSSR count). The highest BCUT2D eigenvalue weighted by Crippen LogP contribution is 2.38. The molecule has 2 heterocycles. The molecule has 0 fully saturated rings. The fourth-order valence-electron chi connectivity index (χ4n) is 4.46. The Kier molecular flexibility index (Phi) is 9.37. The summed E-state index contributed by atoms with van der Waals surface area (Å²) in [5, 5.41) is 0.381. The summed E-state index contributed by atoms with van der Waals surface area (Å²) in [5.74, 6) is 1.15. The van der Waals surface area contributed by atoms with E-state index in [1.807, 2.05) is 52.0 Å². The zero-order chi connectivity index (χ0) is 29.0. The maximum Gasteiger partial charge on any atom is 0.338 e. The average molecular weight is 585 g/mol. The van der Waals surface area contributed by atoms with Gasteiger partial charge < -0.3 is 18.9 Å². The maximum atomic E-state index is 13.9. The van der Waals surface area contributed by atoms with E-state index in [2.05, 4.69) is 4.99 Å². The van der Waals surface area contributed by atoms with E-state index in [-0.39, 0.29) is 18.3 Å². The molecule has 3 aromatic rings. The monoisotopic (exact) mass is 584 g/mol. The predicted octanol–water partition coefficient (Wildman–Crippen LogP) is 5.04. The van der Waals surface area contributed by atoms with Crippen molar-refractivity contribution in [3.05, 3.63) is 83.5 Å². The average Bonchev–Trinajstić information content (AvgIpc) is 3.20. The molecule has 0 bridgehead atoms. The first kappa shape index (κ1) is 29.4. The van der Waals surface area contributed by atoms with Crippen molar-refractivity contribution in [3.63, 3.8) is 0 Å². The number of halogens is 1. The van der Waals surface area contributed by atoms with Crippen molar-refractivity contribution in [2.75, 3.05) is 19.8 Å². The quantitative estimate of drug-likeness (QED) is 0.310. The number of hydrogen-bond donors (Lipinski definition) is 0. The lowest BCUT2D eigenvalue weighted by atomic mass is 9.96. The Labute approximate surface area is 242 Å². The van der Waals surface area contributed by atoms with Gasteiger partial charge in [-0.1, -0.05) is 35.1 Å². The third-order valence-electron chi connectivity index (χ3n) is 6.01. The first-order valence-electron chi connectivity index (χ1n) is 13.2. The maximum absolute atomic E-state index is 13.9. The second kappa shape index (κ2) is 12.7. The van der Waals surface area contributed by atoms with Crippen LogP contribution in [0.4, 0.5) is 0 Å². The van der Waals surface area contributed by atoms with Crippen molar-refractivity contribution in [1.82, 2.24) is 4.57 Å². The van der Waals surface area contributed by atoms with Crippen LogP contribution in [0.2, 0.25) is 5.02 Å². The molecule has 0 N–H and O–H groups in total. The Morgan fingerprint density at radius 3 is 2.42 bits per heavy atom. The number of ether oxygens (including phenoxy) is 4. The van der Waals surface area contributed by atoms with Gasteiger partial charge in [0, 0.05) is 0 Å². The molecule has 1 atom stereocenters. The molecule has 0 saturated carbocycles. The summed E-state index contributed by atoms with van der Waals surface area (Å²) in [6, 6.07) is 10.2. The molecule has 40 heavy (non-hydrogen) atoms. The minimum Gasteiger partial charge on any atom is -0.494 e. The number of hydrogen-bond acceptors (Lipinski definition) is 8. The smallest absolute Gasteiger partial charge is 0.338 e. The van der Waals surface area contributed by atoms with Gasteiger partial charge in [0.1, 0.15) is 5.75 Å². The van der Waals surface area contributed by atoms with Crippen LogP contribution in [-0.2, 0) is 9.53 Å². The number of allylic oxidation sites excluding steroid dienone is 1. The summed E-state index contributed by atoms with van der Waals surface area (Å²) in [6.07, 6.45) is 1.65. The lowest BCUT2D eigenvalue weighted by molar-refractivity contribution is -0.139. The van der Waals surface area contributed by atoms with Crippen molar-refractivity contribution in [1.29, 1.82) is 0 Å². The SMILES string of the molecule is CCOC(=O)C1=C(C)N=c2s/c(=C\c3cc(Cl)c(OC(C)C)c(OCC)c3)c(=O)n2[C@@H]1c1ccc(OCC)cc1. The highest BCUT2D eigenvalue weighted by Gasteiger charge is 2.33. The van der Waals surface area contributed by atoms with Gasteiger partial charge in [-0.25, -0.2) is 9.79 Å². The lowest BCUT2D eigenvalue weighted by Gasteiger charge is -2.24. The summed E-state index contributed by atoms with van der Waals surface area (Å²) < 4.78 is 24.6. The van der Waals surface area contributed by atoms with Gasteiger partial charge in [0.05, 0.1) is 52.8 Å². The summed E-state index contributed by atoms with van der Waals surface area (Å²) in [5.41, 5.74) is 1.96. The van der Waals surface area contributed by atoms with Crippen molar-refractivity contribution < 1.29 is 23.7 Å². The fraction of sp³-hybridized carbons (Fsp3) is 0.367. The van der Waals surface area contributed by atoms with Gasteiger partial charge in [0.25, 0.3) is 5.56 Å². The molecule has 10 heteroatoms. The van der Waals surface area contributed by atoms with Crippen molar-refractivity contribution in [2.24, 2.45) is 4.99 Å². The molecular weight excluding hydrogens is 552 g/mol. The van der Waals surface area contributed by atoms with E-state index in [1.165, 1.54) is 11.3 Å². The topological polar surface area (TPSA) is 88.4 Å². The minimum absolute atomic E-state index is 0.0920. The van der Waals surface area contributed by atoms with Crippen LogP contribution in [0.15, 0.2) is 57.5 Å². The van der Waals surface area contributed by atoms with E-state index in [9.17, 15) is 9.59 Å². The van der Waals surface area contributed by atoms with Crippen molar-refractivity contribution in [2.45, 2.75) is 53.7 Å². The molecule has 212 valence electrons. The van der Waals surface area contributed by atoms with Gasteiger partial charge in [0.15, 0.2) is 16.3 Å². The molecule has 1 aliphatic heterocycles. The third-order valence-corrected chi connectivity index (χ3v) is 7.27. The molecule has 0 amide bonds. The molecule has 0 spiro atoms. The van der Waals surface area contributed by atoms with Gasteiger partial charge in [0.2, 0.25) is 0 Å². The van der Waals surface area contributed by atoms with Gasteiger partial charge in [-0.15, -0.1) is 0 Å². The fourth-order valence-corrected chi connectivity index (χ4v) is 5.77. The van der Waals surface area contributed by atoms with Crippen molar-refractivity contribution in [3.8, 4) is 17.2 Å². The van der Waals surface area contributed by atoms with Crippen LogP contribution >= 0.6 is 22.9 Å². The van der Waals surface area contributed by atoms with Gasteiger partial charge in [-0.3, -0.25) is 9.36 Å². The van der Waals surface area contributed by atoms with Gasteiger partial charge >= 0.3 is 5.97 Å². The predicted molar refractivity (Wildman–Crippen MR) is 156 cm³/mol. The molecule has 1 aromatic heterocycles. The van der Waals surface area contributed by atoms with E-state index in [1.54, 1.807) is 36.6 Å². The number of thiazole rings is 1. The van der Waals surface area contributed by atoms with Crippen LogP contribution in [-0.4, -0.2) is 36.5 Å². The van der Waals surface area contributed by atoms with Crippen LogP contribution in [0, 0.1) is 0 Å². The molecule has 0 aliphatic carbocycles. The lowest BCUT2D eigenvalue weighted by Crippen LogP contribution is -2.39. The first-order valence-corrected chi connectivity index (χ1v) is 14.4. The number of benzene rings is 2. The molecular formula is C30H33ClN2O6S. The van der Waals surface area contributed by atoms with E-state index >= 15 is 0 Å². The van der Waals surface area contributed by atoms with Crippen molar-refractivity contribution >= 4 is 35.0 Å². The molecule has 0 saturated heterocycles. The Hall–Kier alpha value is -3.56. The summed E-state index contributed by atoms with van der Waals surface area (Å²) in [4.78, 5) is 32.1. The van der Waals surface area contributed by atoms with E-state index in [0.29, 0.717) is 61.7 Å². The standard InChI is InChI=1S/C30H33ClN2O6S/c1-7-36-21-12-10-20(11-13-21)26-25(29(35)38-9-3)18(6)32-30-33(26)28(34)24(40-30)16-19-14-22(31)27(39-17(4)5)23(15-19)37-8-2/h10-17,26H,7-9H2,1-6H3/b24-16-/t26-/m1/s1. The third kappa shape index (κ3) is 6.10. The van der Waals surface area contributed by atoms with Crippen LogP contribution in [0.5, 0.6) is 17.2 Å². The number of carbonyl (C=O) groups is 1. The summed E-state index contributed by atoms with van der Waals surface area (Å²) in [7, 11) is 0. The highest BCUT2D eigenvalue weighted by atomic mass is 35.5. The van der Waals surface area contributed by atoms with Crippen LogP contribution in [0.25, 0.3) is 6.08 Å². The number of esters is 1. The molecule has 2 aromatic carbocycles. The Bertz CT molecular complexity index is 1600. The van der Waals surface area contributed by atoms with Crippen LogP contribution in [0.3, 0.4) is 0 Å². The van der Waals surface area contributed by atoms with E-state index in [4.69, 9.17) is 30.5 Å². The molecule has 0 unspecified atom stereocenters. The molecule has 8 nitrogen and oxygen atoms in total. The summed E-state index contributed by atoms with van der Waals surface area (Å²) >= 11 is 7.81. The number of rotatable bonds is 10. The largest absolute Gasteiger partial charge is 0.494 e. The number of nitrogens with zero attached hydrogens (tertiary/aromatic N) is 2. The second-order valence-electron chi connectivity index (χ2n) is 9.23.